The molecular formula is C82H90N12O16S. The SMILES string of the molecule is O=C1C[C@H]2[C@H](C[N+](=O)[O-])CC[C@]23c2c(oc4ccccc24)CCN13.O=C1C[C@H]2[C@H](C[N+](=O)[O-])CC[C@]23c2nc[nH]c2CCN13.O=C1C[C@H]2[C@H](C[N+](=O)[O-])CC[C@]23c2oc4ccccc4c2CCN13.O=C1C[C@H]2[C@H](C[N+](=O)[O-])CC[C@]23c2sc4ccccc4c2CCN13.O=[N+]([O-])C[C@@H]1CC[C@@]23C4=C(CC=C4)CCN2CC[C@@H]13. The molecule has 3 aromatic carbocycles. The lowest BCUT2D eigenvalue weighted by Crippen LogP contribution is -2.50. The molecule has 5 spiro atoms. The maximum Gasteiger partial charge on any atom is 0.223 e. The molecule has 15 atom stereocenters. The zero-order valence-corrected chi connectivity index (χ0v) is 62.7. The van der Waals surface area contributed by atoms with Crippen LogP contribution in [0.2, 0.25) is 0 Å². The van der Waals surface area contributed by atoms with E-state index < -0.39 is 11.1 Å². The summed E-state index contributed by atoms with van der Waals surface area (Å²) >= 11 is 1.80. The number of fused-ring (bicyclic) bond motifs is 10. The summed E-state index contributed by atoms with van der Waals surface area (Å²) in [5.41, 5.74) is 9.35. The first-order valence-corrected chi connectivity index (χ1v) is 41.0. The van der Waals surface area contributed by atoms with E-state index in [1.54, 1.807) is 28.8 Å². The van der Waals surface area contributed by atoms with Crippen LogP contribution in [0.15, 0.2) is 111 Å². The first-order valence-electron chi connectivity index (χ1n) is 40.2. The van der Waals surface area contributed by atoms with Crippen molar-refractivity contribution in [3.05, 3.63) is 197 Å². The van der Waals surface area contributed by atoms with Crippen molar-refractivity contribution in [2.45, 2.75) is 163 Å². The van der Waals surface area contributed by atoms with Crippen molar-refractivity contribution in [3.8, 4) is 0 Å². The number of H-pyrrole nitrogens is 1. The Morgan fingerprint density at radius 3 is 1.57 bits per heavy atom. The monoisotopic (exact) mass is 1530 g/mol. The highest BCUT2D eigenvalue weighted by atomic mass is 32.1. The number of nitro groups is 5. The van der Waals surface area contributed by atoms with E-state index in [4.69, 9.17) is 8.83 Å². The lowest BCUT2D eigenvalue weighted by atomic mass is 9.75. The fraction of sp³-hybridized carbons (Fsp3) is 0.573. The molecule has 7 aromatic rings. The van der Waals surface area contributed by atoms with Gasteiger partial charge in [-0.3, -0.25) is 74.6 Å². The number of para-hydroxylation sites is 2. The molecule has 14 heterocycles. The molecular weight excluding hydrogens is 1440 g/mol. The minimum absolute atomic E-state index is 0.00462. The van der Waals surface area contributed by atoms with Crippen molar-refractivity contribution < 1.29 is 52.6 Å². The number of aromatic amines is 1. The highest BCUT2D eigenvalue weighted by molar-refractivity contribution is 7.19. The van der Waals surface area contributed by atoms with Crippen LogP contribution in [0.1, 0.15) is 154 Å². The summed E-state index contributed by atoms with van der Waals surface area (Å²) < 4.78 is 13.6. The van der Waals surface area contributed by atoms with Crippen molar-refractivity contribution in [2.75, 3.05) is 72.0 Å². The minimum atomic E-state index is -0.454. The third-order valence-electron chi connectivity index (χ3n) is 30.2. The van der Waals surface area contributed by atoms with Crippen molar-refractivity contribution in [2.24, 2.45) is 59.2 Å². The Labute approximate surface area is 642 Å². The second-order valence-electron chi connectivity index (χ2n) is 34.3. The quantitative estimate of drug-likeness (QED) is 0.0981. The van der Waals surface area contributed by atoms with Gasteiger partial charge in [0.05, 0.1) is 28.6 Å². The van der Waals surface area contributed by atoms with Crippen LogP contribution < -0.4 is 0 Å². The van der Waals surface area contributed by atoms with Gasteiger partial charge >= 0.3 is 0 Å². The number of rotatable bonds is 10. The lowest BCUT2D eigenvalue weighted by Gasteiger charge is -2.44. The number of amides is 4. The summed E-state index contributed by atoms with van der Waals surface area (Å²) in [4.78, 5) is 124. The van der Waals surface area contributed by atoms with E-state index in [0.29, 0.717) is 57.2 Å². The molecule has 1 N–H and O–H groups in total. The number of hydrogen-bond acceptors (Lipinski definition) is 19. The summed E-state index contributed by atoms with van der Waals surface area (Å²) in [6.45, 7) is 5.16. The molecule has 580 valence electrons. The number of allylic oxidation sites excluding steroid dienone is 1. The molecule has 6 aliphatic carbocycles. The highest BCUT2D eigenvalue weighted by Gasteiger charge is 2.68. The van der Waals surface area contributed by atoms with E-state index in [-0.39, 0.29) is 145 Å². The number of hydrogen-bond donors (Lipinski definition) is 1. The van der Waals surface area contributed by atoms with Crippen LogP contribution in [-0.4, -0.2) is 160 Å². The van der Waals surface area contributed by atoms with Crippen LogP contribution in [0.3, 0.4) is 0 Å². The first kappa shape index (κ1) is 71.5. The Balaban J connectivity index is 0.0000000940. The van der Waals surface area contributed by atoms with Crippen LogP contribution >= 0.6 is 11.3 Å². The van der Waals surface area contributed by atoms with E-state index in [1.807, 2.05) is 51.1 Å². The van der Waals surface area contributed by atoms with Crippen LogP contribution in [0, 0.1) is 110 Å². The Kier molecular flexibility index (Phi) is 17.2. The molecule has 10 aliphatic heterocycles. The van der Waals surface area contributed by atoms with Crippen LogP contribution in [0.5, 0.6) is 0 Å². The average molecular weight is 1530 g/mol. The van der Waals surface area contributed by atoms with E-state index >= 15 is 0 Å². The number of thiophene rings is 1. The normalized spacial score (nSPS) is 33.4. The van der Waals surface area contributed by atoms with Gasteiger partial charge in [0.15, 0.2) is 0 Å². The van der Waals surface area contributed by atoms with E-state index in [2.05, 4.69) is 68.3 Å². The van der Waals surface area contributed by atoms with Gasteiger partial charge in [0.1, 0.15) is 28.2 Å². The number of carbonyl (C=O) groups excluding carboxylic acids is 4. The summed E-state index contributed by atoms with van der Waals surface area (Å²) in [6, 6.07) is 24.4. The molecule has 16 aliphatic rings. The summed E-state index contributed by atoms with van der Waals surface area (Å²) in [5.74, 6) is 3.36. The summed E-state index contributed by atoms with van der Waals surface area (Å²) in [7, 11) is 0. The van der Waals surface area contributed by atoms with Gasteiger partial charge in [0, 0.05) is 192 Å². The fourth-order valence-electron chi connectivity index (χ4n) is 26.3. The number of benzene rings is 3. The Morgan fingerprint density at radius 2 is 0.937 bits per heavy atom. The molecule has 29 heteroatoms. The molecule has 5 saturated carbocycles. The zero-order valence-electron chi connectivity index (χ0n) is 61.9. The second-order valence-corrected chi connectivity index (χ2v) is 35.4. The highest BCUT2D eigenvalue weighted by Crippen LogP contribution is 2.66. The number of nitrogens with one attached hydrogen (secondary N) is 1. The largest absolute Gasteiger partial charge is 0.461 e. The van der Waals surface area contributed by atoms with Gasteiger partial charge in [-0.1, -0.05) is 72.3 Å². The number of imidazole rings is 1. The predicted octanol–water partition coefficient (Wildman–Crippen LogP) is 11.7. The maximum atomic E-state index is 12.6. The van der Waals surface area contributed by atoms with Gasteiger partial charge in [0.25, 0.3) is 0 Å². The summed E-state index contributed by atoms with van der Waals surface area (Å²) in [5, 5.41) is 58.5. The number of carbonyl (C=O) groups is 4. The van der Waals surface area contributed by atoms with Crippen LogP contribution in [-0.2, 0) is 67.0 Å². The molecule has 0 unspecified atom stereocenters. The third-order valence-corrected chi connectivity index (χ3v) is 31.6. The van der Waals surface area contributed by atoms with Gasteiger partial charge in [-0.2, -0.15) is 0 Å². The van der Waals surface area contributed by atoms with Crippen molar-refractivity contribution in [1.82, 2.24) is 34.5 Å². The first-order chi connectivity index (χ1) is 53.7. The Hall–Kier alpha value is -9.77. The Morgan fingerprint density at radius 1 is 0.468 bits per heavy atom. The Bertz CT molecular complexity index is 5010. The maximum absolute atomic E-state index is 12.6. The van der Waals surface area contributed by atoms with E-state index in [9.17, 15) is 69.7 Å². The number of aromatic nitrogens is 2. The van der Waals surface area contributed by atoms with Crippen molar-refractivity contribution >= 4 is 67.0 Å². The molecule has 5 saturated heterocycles. The van der Waals surface area contributed by atoms with Gasteiger partial charge in [-0.15, -0.1) is 11.3 Å². The topological polar surface area (TPSA) is 355 Å². The van der Waals surface area contributed by atoms with E-state index in [1.165, 1.54) is 39.1 Å². The predicted molar refractivity (Wildman–Crippen MR) is 404 cm³/mol. The minimum Gasteiger partial charge on any atom is -0.461 e. The molecule has 4 aromatic heterocycles. The fourth-order valence-corrected chi connectivity index (χ4v) is 27.8. The molecule has 111 heavy (non-hydrogen) atoms. The summed E-state index contributed by atoms with van der Waals surface area (Å²) in [6.07, 6.45) is 23.4. The standard InChI is InChI=1S/2C18H18N2O4.C18H18N2O3S.C15H20N2O2.C13H16N4O3/c21-16-9-13-11(10-20(22)23)5-7-18(13)17-12-3-1-2-4-14(12)24-15(17)6-8-19(16)18;2*21-16-9-14-11(10-20(22)23)5-7-18(14)17-13(6-8-19(16)18)12-3-1-2-4-15(12)24-17;18-17(19)10-12-4-7-15-13-3-1-2-11(13)5-8-16(15)9-6-14(12)15;18-11-5-9-8(6-17(19)20)1-3-13(9)12-10(14-7-15-12)2-4-16(11)13/h1-4,11,13H,5-10H2;2*1-4,11,14H,5-10H2;1,3,12,14H,2,4-10H2;7-9H,1-6H2,(H,14,15)/t11-,13-,18+;2*11-,14-,18+;12-,14-,15-;8-,9-,13+/m00000/s1. The molecule has 4 amide bonds. The smallest absolute Gasteiger partial charge is 0.223 e. The van der Waals surface area contributed by atoms with Crippen LogP contribution in [0.4, 0.5) is 0 Å². The molecule has 28 nitrogen and oxygen atoms in total. The van der Waals surface area contributed by atoms with E-state index in [0.717, 1.165) is 166 Å². The van der Waals surface area contributed by atoms with Gasteiger partial charge in [-0.25, -0.2) is 4.98 Å². The van der Waals surface area contributed by atoms with Crippen molar-refractivity contribution in [3.63, 3.8) is 0 Å². The number of nitrogens with zero attached hydrogens (tertiary/aromatic N) is 11. The molecule has 23 rings (SSSR count). The molecule has 10 fully saturated rings. The van der Waals surface area contributed by atoms with Crippen molar-refractivity contribution in [1.29, 1.82) is 0 Å². The second kappa shape index (κ2) is 26.7. The number of furan rings is 2. The molecule has 0 radical (unpaired) electrons. The lowest BCUT2D eigenvalue weighted by molar-refractivity contribution is -0.489. The van der Waals surface area contributed by atoms with Gasteiger partial charge in [-0.05, 0) is 143 Å². The molecule has 0 bridgehead atoms. The van der Waals surface area contributed by atoms with Crippen LogP contribution in [0.25, 0.3) is 32.0 Å². The van der Waals surface area contributed by atoms with Gasteiger partial charge < -0.3 is 33.4 Å². The average Bonchev–Trinajstić information content (AvgIpc) is 1.56. The van der Waals surface area contributed by atoms with Gasteiger partial charge in [0.2, 0.25) is 56.4 Å². The third kappa shape index (κ3) is 10.7. The zero-order chi connectivity index (χ0) is 76.4.